The van der Waals surface area contributed by atoms with Gasteiger partial charge in [-0.05, 0) is 115 Å². The van der Waals surface area contributed by atoms with Crippen molar-refractivity contribution in [3.05, 3.63) is 167 Å². The third kappa shape index (κ3) is 9.69. The van der Waals surface area contributed by atoms with Crippen molar-refractivity contribution in [2.24, 2.45) is 11.8 Å². The smallest absolute Gasteiger partial charge is 0.216 e. The van der Waals surface area contributed by atoms with Gasteiger partial charge in [-0.3, -0.25) is 14.4 Å². The van der Waals surface area contributed by atoms with Gasteiger partial charge in [0.15, 0.2) is 0 Å². The standard InChI is InChI=1S/C40H33N4O.C18H23FNSi.Ir/c1-23(2)20-30-17-18-32-31-12-9-13-33(38(31)45-40(32)42-30)39-43-34-19-16-28-15-14-26(5)41-35(28)37(34)44(39)36-24(3)21-29(22-25(36)4)27-10-7-6-8-11-27;1-13(2)10-15-11-17(14-6-8-16(19)9-7-14)20-12-18(15)21(3,4)5;/h6-12,14-19,21-23H,20H2,1-5H3;6,8-9,11-13H,10H2,1-5H3;/q2*-1;. The van der Waals surface area contributed by atoms with E-state index < -0.39 is 8.07 Å². The summed E-state index contributed by atoms with van der Waals surface area (Å²) in [5.41, 5.74) is 15.8. The van der Waals surface area contributed by atoms with Crippen LogP contribution in [0.25, 0.3) is 83.5 Å². The number of hydrogen-bond acceptors (Lipinski definition) is 5. The van der Waals surface area contributed by atoms with E-state index in [-0.39, 0.29) is 25.9 Å². The fourth-order valence-electron chi connectivity index (χ4n) is 9.18. The van der Waals surface area contributed by atoms with Gasteiger partial charge in [0.2, 0.25) is 5.71 Å². The van der Waals surface area contributed by atoms with E-state index in [1.165, 1.54) is 34.0 Å². The van der Waals surface area contributed by atoms with Gasteiger partial charge in [0.25, 0.3) is 0 Å². The van der Waals surface area contributed by atoms with Gasteiger partial charge in [0, 0.05) is 60.0 Å². The van der Waals surface area contributed by atoms with Gasteiger partial charge in [-0.1, -0.05) is 112 Å². The number of furan rings is 1. The van der Waals surface area contributed by atoms with Crippen molar-refractivity contribution in [3.63, 3.8) is 0 Å². The monoisotopic (exact) mass is 1080 g/mol. The number of aryl methyl sites for hydroxylation is 3. The third-order valence-corrected chi connectivity index (χ3v) is 14.2. The first-order chi connectivity index (χ1) is 31.6. The van der Waals surface area contributed by atoms with Gasteiger partial charge >= 0.3 is 0 Å². The molecule has 0 bridgehead atoms. The van der Waals surface area contributed by atoms with Crippen molar-refractivity contribution >= 4 is 57.3 Å². The van der Waals surface area contributed by atoms with E-state index >= 15 is 0 Å². The Hall–Kier alpha value is -6.12. The molecule has 0 aliphatic rings. The van der Waals surface area contributed by atoms with Crippen LogP contribution in [0.3, 0.4) is 0 Å². The number of benzene rings is 5. The summed E-state index contributed by atoms with van der Waals surface area (Å²) < 4.78 is 21.9. The zero-order valence-corrected chi connectivity index (χ0v) is 43.4. The predicted octanol–water partition coefficient (Wildman–Crippen LogP) is 14.6. The van der Waals surface area contributed by atoms with Crippen LogP contribution in [0.15, 0.2) is 126 Å². The Labute approximate surface area is 408 Å². The molecular formula is C58H56FIrN5OSi-2. The summed E-state index contributed by atoms with van der Waals surface area (Å²) in [5, 5.41) is 4.50. The molecule has 0 N–H and O–H groups in total. The van der Waals surface area contributed by atoms with E-state index in [2.05, 4.69) is 174 Å². The molecule has 5 aromatic carbocycles. The Morgan fingerprint density at radius 2 is 1.46 bits per heavy atom. The summed E-state index contributed by atoms with van der Waals surface area (Å²) in [7, 11) is -1.41. The van der Waals surface area contributed by atoms with Gasteiger partial charge in [-0.15, -0.1) is 48.0 Å². The number of rotatable bonds is 9. The van der Waals surface area contributed by atoms with E-state index in [9.17, 15) is 4.39 Å². The molecule has 6 nitrogen and oxygen atoms in total. The maximum absolute atomic E-state index is 13.0. The first-order valence-corrected chi connectivity index (χ1v) is 26.5. The van der Waals surface area contributed by atoms with Crippen molar-refractivity contribution in [1.82, 2.24) is 24.5 Å². The average molecular weight is 1080 g/mol. The van der Waals surface area contributed by atoms with Crippen LogP contribution >= 0.6 is 0 Å². The maximum atomic E-state index is 13.0. The zero-order chi connectivity index (χ0) is 46.4. The van der Waals surface area contributed by atoms with Crippen LogP contribution in [-0.2, 0) is 32.9 Å². The molecule has 0 unspecified atom stereocenters. The second kappa shape index (κ2) is 19.2. The molecule has 5 heterocycles. The molecule has 0 fully saturated rings. The van der Waals surface area contributed by atoms with Gasteiger partial charge < -0.3 is 14.0 Å². The molecule has 10 rings (SSSR count). The number of halogens is 1. The third-order valence-electron chi connectivity index (χ3n) is 12.1. The van der Waals surface area contributed by atoms with E-state index in [4.69, 9.17) is 19.4 Å². The van der Waals surface area contributed by atoms with Gasteiger partial charge in [0.1, 0.15) is 0 Å². The molecule has 0 aliphatic heterocycles. The minimum Gasteiger partial charge on any atom is -0.486 e. The van der Waals surface area contributed by atoms with Gasteiger partial charge in [-0.25, -0.2) is 4.98 Å². The topological polar surface area (TPSA) is 69.6 Å². The summed E-state index contributed by atoms with van der Waals surface area (Å²) >= 11 is 0. The van der Waals surface area contributed by atoms with Crippen molar-refractivity contribution in [3.8, 4) is 39.5 Å². The van der Waals surface area contributed by atoms with Crippen molar-refractivity contribution in [1.29, 1.82) is 0 Å². The fraction of sp³-hybridized carbons (Fsp3) is 0.241. The number of nitrogens with zero attached hydrogens (tertiary/aromatic N) is 5. The van der Waals surface area contributed by atoms with E-state index in [0.717, 1.165) is 102 Å². The Kier molecular flexibility index (Phi) is 13.6. The molecule has 341 valence electrons. The van der Waals surface area contributed by atoms with Crippen LogP contribution in [0, 0.1) is 50.6 Å². The Morgan fingerprint density at radius 1 is 0.731 bits per heavy atom. The summed E-state index contributed by atoms with van der Waals surface area (Å²) in [6, 6.07) is 45.0. The van der Waals surface area contributed by atoms with Crippen LogP contribution in [0.2, 0.25) is 19.6 Å². The molecule has 0 amide bonds. The first-order valence-electron chi connectivity index (χ1n) is 23.0. The fourth-order valence-corrected chi connectivity index (χ4v) is 10.8. The minimum absolute atomic E-state index is 0. The molecule has 67 heavy (non-hydrogen) atoms. The van der Waals surface area contributed by atoms with E-state index in [0.29, 0.717) is 17.5 Å². The Morgan fingerprint density at radius 3 is 2.15 bits per heavy atom. The van der Waals surface area contributed by atoms with Crippen molar-refractivity contribution in [2.45, 2.75) is 80.9 Å². The van der Waals surface area contributed by atoms with Crippen LogP contribution in [0.1, 0.15) is 55.8 Å². The molecular weight excluding hydrogens is 1020 g/mol. The van der Waals surface area contributed by atoms with Crippen LogP contribution in [0.4, 0.5) is 4.39 Å². The average Bonchev–Trinajstić information content (AvgIpc) is 3.85. The number of hydrogen-bond donors (Lipinski definition) is 0. The van der Waals surface area contributed by atoms with Crippen LogP contribution in [-0.4, -0.2) is 32.6 Å². The second-order valence-electron chi connectivity index (χ2n) is 19.5. The molecule has 10 aromatic rings. The summed E-state index contributed by atoms with van der Waals surface area (Å²) in [4.78, 5) is 19.8. The predicted molar refractivity (Wildman–Crippen MR) is 274 cm³/mol. The SMILES string of the molecule is CC(C)Cc1cc(-c2[c-]cc(F)cc2)ncc1[Si](C)(C)C.Cc1ccc2ccc3nc(-c4[c-]ccc5c4oc4nc(CC(C)C)ccc45)n(-c4c(C)cc(-c5ccccc5)cc4C)c3c2n1.[Ir]. The summed E-state index contributed by atoms with van der Waals surface area (Å²) in [6.07, 6.45) is 3.98. The number of imidazole rings is 1. The first kappa shape index (κ1) is 47.4. The van der Waals surface area contributed by atoms with Gasteiger partial charge in [0.05, 0.1) is 36.0 Å². The largest absolute Gasteiger partial charge is 0.486 e. The van der Waals surface area contributed by atoms with E-state index in [1.807, 2.05) is 19.2 Å². The van der Waals surface area contributed by atoms with Crippen LogP contribution < -0.4 is 5.19 Å². The Bertz CT molecular complexity index is 3380. The molecule has 0 aliphatic carbocycles. The number of fused-ring (bicyclic) bond motifs is 6. The number of pyridine rings is 3. The second-order valence-corrected chi connectivity index (χ2v) is 24.5. The molecule has 0 saturated carbocycles. The summed E-state index contributed by atoms with van der Waals surface area (Å²) in [5.74, 6) is 1.62. The quantitative estimate of drug-likeness (QED) is 0.106. The maximum Gasteiger partial charge on any atom is 0.216 e. The molecule has 9 heteroatoms. The minimum atomic E-state index is -1.41. The number of aromatic nitrogens is 5. The Balaban J connectivity index is 0.000000234. The van der Waals surface area contributed by atoms with Crippen molar-refractivity contribution in [2.75, 3.05) is 0 Å². The normalized spacial score (nSPS) is 11.8. The molecule has 5 aromatic heterocycles. The van der Waals surface area contributed by atoms with Crippen molar-refractivity contribution < 1.29 is 28.9 Å². The van der Waals surface area contributed by atoms with E-state index in [1.54, 1.807) is 6.07 Å². The molecule has 0 saturated heterocycles. The molecule has 0 atom stereocenters. The molecule has 0 spiro atoms. The summed E-state index contributed by atoms with van der Waals surface area (Å²) in [6.45, 7) is 22.3. The zero-order valence-electron chi connectivity index (χ0n) is 40.0. The molecule has 1 radical (unpaired) electrons. The van der Waals surface area contributed by atoms with Crippen LogP contribution in [0.5, 0.6) is 0 Å². The van der Waals surface area contributed by atoms with Gasteiger partial charge in [-0.2, -0.15) is 0 Å².